The van der Waals surface area contributed by atoms with Crippen molar-refractivity contribution in [1.82, 2.24) is 25.1 Å². The van der Waals surface area contributed by atoms with Crippen LogP contribution in [0.1, 0.15) is 48.5 Å². The Hall–Kier alpha value is -3.85. The quantitative estimate of drug-likeness (QED) is 0.310. The highest BCUT2D eigenvalue weighted by molar-refractivity contribution is 5.79. The lowest BCUT2D eigenvalue weighted by Crippen LogP contribution is -2.29. The highest BCUT2D eigenvalue weighted by Gasteiger charge is 2.31. The van der Waals surface area contributed by atoms with E-state index in [1.54, 1.807) is 18.3 Å². The SMILES string of the molecule is CC(Nc1nccc(-c2cc(C3CCN(C)CC3)nnc2-c2cccc(C(F)(F)F)c2)n1)c1ccccc1. The average Bonchev–Trinajstić information content (AvgIpc) is 2.93. The maximum Gasteiger partial charge on any atom is 0.416 e. The van der Waals surface area contributed by atoms with Crippen molar-refractivity contribution in [3.63, 3.8) is 0 Å². The van der Waals surface area contributed by atoms with E-state index < -0.39 is 11.7 Å². The molecule has 1 aliphatic rings. The zero-order valence-corrected chi connectivity index (χ0v) is 21.3. The molecule has 0 saturated carbocycles. The van der Waals surface area contributed by atoms with E-state index in [1.165, 1.54) is 6.07 Å². The molecule has 1 atom stereocenters. The Morgan fingerprint density at radius 3 is 2.45 bits per heavy atom. The number of piperidine rings is 1. The van der Waals surface area contributed by atoms with Gasteiger partial charge in [0.05, 0.1) is 23.0 Å². The van der Waals surface area contributed by atoms with E-state index >= 15 is 0 Å². The van der Waals surface area contributed by atoms with Gasteiger partial charge in [-0.2, -0.15) is 18.3 Å². The van der Waals surface area contributed by atoms with Crippen molar-refractivity contribution in [2.75, 3.05) is 25.5 Å². The molecule has 1 N–H and O–H groups in total. The Balaban J connectivity index is 1.55. The Morgan fingerprint density at radius 2 is 1.71 bits per heavy atom. The van der Waals surface area contributed by atoms with Crippen molar-refractivity contribution in [1.29, 1.82) is 0 Å². The highest BCUT2D eigenvalue weighted by atomic mass is 19.4. The second kappa shape index (κ2) is 10.9. The van der Waals surface area contributed by atoms with Gasteiger partial charge in [0.15, 0.2) is 0 Å². The van der Waals surface area contributed by atoms with E-state index in [0.717, 1.165) is 49.3 Å². The van der Waals surface area contributed by atoms with Gasteiger partial charge >= 0.3 is 6.18 Å². The number of likely N-dealkylation sites (tertiary alicyclic amines) is 1. The minimum atomic E-state index is -4.46. The fraction of sp³-hybridized carbons (Fsp3) is 0.310. The third kappa shape index (κ3) is 5.83. The first-order valence-electron chi connectivity index (χ1n) is 12.7. The molecule has 196 valence electrons. The maximum atomic E-state index is 13.5. The van der Waals surface area contributed by atoms with Crippen LogP contribution in [-0.2, 0) is 6.18 Å². The van der Waals surface area contributed by atoms with Crippen LogP contribution in [0.5, 0.6) is 0 Å². The lowest BCUT2D eigenvalue weighted by Gasteiger charge is -2.28. The van der Waals surface area contributed by atoms with Gasteiger partial charge < -0.3 is 10.2 Å². The second-order valence-electron chi connectivity index (χ2n) is 9.73. The van der Waals surface area contributed by atoms with Gasteiger partial charge in [0.2, 0.25) is 5.95 Å². The predicted molar refractivity (Wildman–Crippen MR) is 141 cm³/mol. The van der Waals surface area contributed by atoms with E-state index in [1.807, 2.05) is 43.3 Å². The standard InChI is InChI=1S/C29H29F3N6/c1-19(20-7-4-3-5-8-20)34-28-33-14-11-25(35-28)24-18-26(21-12-15-38(2)16-13-21)36-37-27(24)22-9-6-10-23(17-22)29(30,31)32/h3-11,14,17-19,21H,12-13,15-16H2,1-2H3,(H,33,34,35). The van der Waals surface area contributed by atoms with Gasteiger partial charge in [-0.3, -0.25) is 0 Å². The van der Waals surface area contributed by atoms with Crippen molar-refractivity contribution in [2.45, 2.75) is 37.9 Å². The lowest BCUT2D eigenvalue weighted by molar-refractivity contribution is -0.137. The zero-order valence-electron chi connectivity index (χ0n) is 21.3. The van der Waals surface area contributed by atoms with Crippen LogP contribution in [0.2, 0.25) is 0 Å². The topological polar surface area (TPSA) is 66.8 Å². The first-order valence-corrected chi connectivity index (χ1v) is 12.7. The monoisotopic (exact) mass is 518 g/mol. The average molecular weight is 519 g/mol. The van der Waals surface area contributed by atoms with Gasteiger partial charge in [0.25, 0.3) is 0 Å². The van der Waals surface area contributed by atoms with E-state index in [4.69, 9.17) is 4.98 Å². The summed E-state index contributed by atoms with van der Waals surface area (Å²) in [5, 5.41) is 12.3. The summed E-state index contributed by atoms with van der Waals surface area (Å²) in [5.74, 6) is 0.650. The van der Waals surface area contributed by atoms with Crippen LogP contribution < -0.4 is 5.32 Å². The number of halogens is 3. The van der Waals surface area contributed by atoms with Gasteiger partial charge in [-0.05, 0) is 69.7 Å². The molecule has 9 heteroatoms. The van der Waals surface area contributed by atoms with Crippen LogP contribution in [0, 0.1) is 0 Å². The summed E-state index contributed by atoms with van der Waals surface area (Å²) in [6.07, 6.45) is -0.928. The Morgan fingerprint density at radius 1 is 0.947 bits per heavy atom. The number of rotatable bonds is 6. The zero-order chi connectivity index (χ0) is 26.7. The summed E-state index contributed by atoms with van der Waals surface area (Å²) in [4.78, 5) is 11.4. The molecule has 0 amide bonds. The molecule has 2 aromatic heterocycles. The molecule has 0 aliphatic carbocycles. The molecule has 38 heavy (non-hydrogen) atoms. The number of nitrogens with zero attached hydrogens (tertiary/aromatic N) is 5. The lowest BCUT2D eigenvalue weighted by atomic mass is 9.91. The van der Waals surface area contributed by atoms with Gasteiger partial charge in [-0.15, -0.1) is 5.10 Å². The summed E-state index contributed by atoms with van der Waals surface area (Å²) in [6, 6.07) is 18.8. The van der Waals surface area contributed by atoms with Crippen LogP contribution in [0.3, 0.4) is 0 Å². The van der Waals surface area contributed by atoms with Crippen molar-refractivity contribution in [2.24, 2.45) is 0 Å². The summed E-state index contributed by atoms with van der Waals surface area (Å²) in [7, 11) is 2.09. The largest absolute Gasteiger partial charge is 0.416 e. The van der Waals surface area contributed by atoms with Crippen molar-refractivity contribution in [3.05, 3.63) is 89.7 Å². The summed E-state index contributed by atoms with van der Waals surface area (Å²) >= 11 is 0. The number of alkyl halides is 3. The molecule has 0 bridgehead atoms. The first-order chi connectivity index (χ1) is 18.3. The normalized spacial score (nSPS) is 15.8. The molecule has 4 aromatic rings. The van der Waals surface area contributed by atoms with Crippen LogP contribution in [0.4, 0.5) is 19.1 Å². The van der Waals surface area contributed by atoms with Gasteiger partial charge in [0.1, 0.15) is 5.69 Å². The van der Waals surface area contributed by atoms with Gasteiger partial charge in [0, 0.05) is 23.2 Å². The molecular weight excluding hydrogens is 489 g/mol. The fourth-order valence-corrected chi connectivity index (χ4v) is 4.76. The minimum absolute atomic E-state index is 0.0419. The summed E-state index contributed by atoms with van der Waals surface area (Å²) in [6.45, 7) is 3.93. The highest BCUT2D eigenvalue weighted by Crippen LogP contribution is 2.36. The van der Waals surface area contributed by atoms with Crippen molar-refractivity contribution in [3.8, 4) is 22.5 Å². The Bertz CT molecular complexity index is 1380. The minimum Gasteiger partial charge on any atom is -0.348 e. The smallest absolute Gasteiger partial charge is 0.348 e. The van der Waals surface area contributed by atoms with E-state index in [-0.39, 0.29) is 12.0 Å². The summed E-state index contributed by atoms with van der Waals surface area (Å²) < 4.78 is 40.5. The van der Waals surface area contributed by atoms with Crippen LogP contribution in [0.15, 0.2) is 72.9 Å². The van der Waals surface area contributed by atoms with Crippen LogP contribution in [0.25, 0.3) is 22.5 Å². The molecule has 3 heterocycles. The molecule has 0 radical (unpaired) electrons. The molecular formula is C29H29F3N6. The molecule has 1 unspecified atom stereocenters. The molecule has 1 fully saturated rings. The molecule has 1 saturated heterocycles. The van der Waals surface area contributed by atoms with Crippen LogP contribution >= 0.6 is 0 Å². The van der Waals surface area contributed by atoms with Crippen molar-refractivity contribution < 1.29 is 13.2 Å². The number of nitrogens with one attached hydrogen (secondary N) is 1. The Labute approximate surface area is 220 Å². The molecule has 1 aliphatic heterocycles. The number of hydrogen-bond acceptors (Lipinski definition) is 6. The van der Waals surface area contributed by atoms with E-state index in [9.17, 15) is 13.2 Å². The number of benzene rings is 2. The number of hydrogen-bond donors (Lipinski definition) is 1. The number of aromatic nitrogens is 4. The molecule has 2 aromatic carbocycles. The first kappa shape index (κ1) is 25.8. The van der Waals surface area contributed by atoms with E-state index in [0.29, 0.717) is 28.5 Å². The van der Waals surface area contributed by atoms with Crippen molar-refractivity contribution >= 4 is 5.95 Å². The second-order valence-corrected chi connectivity index (χ2v) is 9.73. The third-order valence-electron chi connectivity index (χ3n) is 6.99. The molecule has 6 nitrogen and oxygen atoms in total. The summed E-state index contributed by atoms with van der Waals surface area (Å²) in [5.41, 5.74) is 3.07. The Kier molecular flexibility index (Phi) is 7.37. The van der Waals surface area contributed by atoms with Crippen LogP contribution in [-0.4, -0.2) is 45.2 Å². The predicted octanol–water partition coefficient (Wildman–Crippen LogP) is 6.60. The van der Waals surface area contributed by atoms with E-state index in [2.05, 4.69) is 32.4 Å². The van der Waals surface area contributed by atoms with Gasteiger partial charge in [-0.25, -0.2) is 9.97 Å². The number of anilines is 1. The third-order valence-corrected chi connectivity index (χ3v) is 6.99. The molecule has 5 rings (SSSR count). The maximum absolute atomic E-state index is 13.5. The molecule has 0 spiro atoms. The van der Waals surface area contributed by atoms with Gasteiger partial charge in [-0.1, -0.05) is 42.5 Å². The fourth-order valence-electron chi connectivity index (χ4n) is 4.76.